The topological polar surface area (TPSA) is 57.8 Å². The minimum Gasteiger partial charge on any atom is -0.349 e. The molecule has 0 bridgehead atoms. The summed E-state index contributed by atoms with van der Waals surface area (Å²) in [6.07, 6.45) is 5.63. The highest BCUT2D eigenvalue weighted by atomic mass is 16.2. The van der Waals surface area contributed by atoms with Gasteiger partial charge in [-0.25, -0.2) is 0 Å². The van der Waals surface area contributed by atoms with E-state index >= 15 is 0 Å². The quantitative estimate of drug-likeness (QED) is 0.727. The first-order chi connectivity index (χ1) is 6.27. The summed E-state index contributed by atoms with van der Waals surface area (Å²) < 4.78 is 0. The summed E-state index contributed by atoms with van der Waals surface area (Å²) >= 11 is 0. The van der Waals surface area contributed by atoms with Crippen molar-refractivity contribution in [1.82, 2.24) is 15.5 Å². The van der Waals surface area contributed by atoms with Crippen molar-refractivity contribution >= 4 is 5.91 Å². The highest BCUT2D eigenvalue weighted by Crippen LogP contribution is 2.29. The third-order valence-corrected chi connectivity index (χ3v) is 2.33. The average molecular weight is 179 g/mol. The summed E-state index contributed by atoms with van der Waals surface area (Å²) in [5, 5.41) is 9.51. The molecule has 1 heterocycles. The molecule has 0 aliphatic heterocycles. The van der Waals surface area contributed by atoms with Gasteiger partial charge in [0.2, 0.25) is 5.91 Å². The third kappa shape index (κ3) is 1.88. The number of nitrogens with one attached hydrogen (secondary N) is 2. The molecule has 0 saturated heterocycles. The van der Waals surface area contributed by atoms with E-state index in [2.05, 4.69) is 15.5 Å². The molecule has 0 radical (unpaired) electrons. The van der Waals surface area contributed by atoms with E-state index in [4.69, 9.17) is 0 Å². The van der Waals surface area contributed by atoms with Gasteiger partial charge in [0.15, 0.2) is 0 Å². The molecule has 4 nitrogen and oxygen atoms in total. The van der Waals surface area contributed by atoms with Crippen molar-refractivity contribution in [2.45, 2.75) is 25.8 Å². The largest absolute Gasteiger partial charge is 0.349 e. The van der Waals surface area contributed by atoms with E-state index in [0.717, 1.165) is 18.4 Å². The normalized spacial score (nSPS) is 18.2. The molecule has 1 saturated carbocycles. The molecule has 1 aromatic heterocycles. The van der Waals surface area contributed by atoms with Gasteiger partial charge in [0, 0.05) is 17.7 Å². The summed E-state index contributed by atoms with van der Waals surface area (Å²) in [4.78, 5) is 11.4. The van der Waals surface area contributed by atoms with E-state index in [1.807, 2.05) is 6.92 Å². The Labute approximate surface area is 76.7 Å². The van der Waals surface area contributed by atoms with Crippen molar-refractivity contribution in [3.8, 4) is 0 Å². The Kier molecular flexibility index (Phi) is 2.04. The van der Waals surface area contributed by atoms with Gasteiger partial charge >= 0.3 is 0 Å². The van der Waals surface area contributed by atoms with E-state index in [1.54, 1.807) is 12.4 Å². The lowest BCUT2D eigenvalue weighted by Gasteiger charge is -2.10. The van der Waals surface area contributed by atoms with Gasteiger partial charge in [-0.1, -0.05) is 0 Å². The number of hydrogen-bond donors (Lipinski definition) is 2. The molecule has 13 heavy (non-hydrogen) atoms. The van der Waals surface area contributed by atoms with Crippen LogP contribution in [-0.2, 0) is 4.79 Å². The second-order valence-corrected chi connectivity index (χ2v) is 3.54. The van der Waals surface area contributed by atoms with Crippen molar-refractivity contribution in [1.29, 1.82) is 0 Å². The van der Waals surface area contributed by atoms with Crippen LogP contribution in [-0.4, -0.2) is 16.1 Å². The number of carbonyl (C=O) groups excluding carboxylic acids is 1. The molecule has 1 amide bonds. The lowest BCUT2D eigenvalue weighted by Crippen LogP contribution is -2.27. The number of H-pyrrole nitrogens is 1. The Morgan fingerprint density at radius 1 is 1.77 bits per heavy atom. The molecule has 4 heteroatoms. The molecule has 0 aromatic carbocycles. The van der Waals surface area contributed by atoms with Gasteiger partial charge in [0.05, 0.1) is 12.2 Å². The Morgan fingerprint density at radius 2 is 2.54 bits per heavy atom. The Hall–Kier alpha value is -1.32. The molecule has 2 N–H and O–H groups in total. The van der Waals surface area contributed by atoms with Crippen LogP contribution < -0.4 is 5.32 Å². The van der Waals surface area contributed by atoms with Crippen LogP contribution in [0.25, 0.3) is 0 Å². The smallest absolute Gasteiger partial charge is 0.223 e. The lowest BCUT2D eigenvalue weighted by molar-refractivity contribution is -0.122. The maximum absolute atomic E-state index is 11.4. The Balaban J connectivity index is 1.90. The second-order valence-electron chi connectivity index (χ2n) is 3.54. The van der Waals surface area contributed by atoms with Crippen LogP contribution in [0.3, 0.4) is 0 Å². The predicted octanol–water partition coefficient (Wildman–Crippen LogP) is 0.997. The maximum Gasteiger partial charge on any atom is 0.223 e. The number of rotatable bonds is 3. The molecule has 1 atom stereocenters. The fraction of sp³-hybridized carbons (Fsp3) is 0.556. The number of hydrogen-bond acceptors (Lipinski definition) is 2. The molecule has 0 spiro atoms. The first kappa shape index (κ1) is 8.29. The van der Waals surface area contributed by atoms with Crippen LogP contribution in [0.4, 0.5) is 0 Å². The minimum atomic E-state index is 0.0619. The van der Waals surface area contributed by atoms with E-state index in [9.17, 15) is 4.79 Å². The number of aromatic amines is 1. The SMILES string of the molecule is CC(NC(=O)C1CC1)c1cn[nH]c1. The molecule has 1 aromatic rings. The van der Waals surface area contributed by atoms with Crippen LogP contribution in [0.2, 0.25) is 0 Å². The van der Waals surface area contributed by atoms with Crippen molar-refractivity contribution in [2.75, 3.05) is 0 Å². The third-order valence-electron chi connectivity index (χ3n) is 2.33. The Bertz CT molecular complexity index is 290. The molecular weight excluding hydrogens is 166 g/mol. The average Bonchev–Trinajstić information content (AvgIpc) is 2.81. The summed E-state index contributed by atoms with van der Waals surface area (Å²) in [7, 11) is 0. The van der Waals surface area contributed by atoms with E-state index in [0.29, 0.717) is 0 Å². The number of amides is 1. The monoisotopic (exact) mass is 179 g/mol. The van der Waals surface area contributed by atoms with Crippen molar-refractivity contribution in [3.05, 3.63) is 18.0 Å². The standard InChI is InChI=1S/C9H13N3O/c1-6(8-4-10-11-5-8)12-9(13)7-2-3-7/h4-7H,2-3H2,1H3,(H,10,11)(H,12,13). The molecule has 1 aliphatic rings. The molecule has 2 rings (SSSR count). The predicted molar refractivity (Wildman–Crippen MR) is 47.9 cm³/mol. The maximum atomic E-state index is 11.4. The van der Waals surface area contributed by atoms with Gasteiger partial charge in [0.25, 0.3) is 0 Å². The zero-order valence-electron chi connectivity index (χ0n) is 7.58. The number of aromatic nitrogens is 2. The van der Waals surface area contributed by atoms with Crippen molar-refractivity contribution < 1.29 is 4.79 Å². The van der Waals surface area contributed by atoms with Gasteiger partial charge < -0.3 is 5.32 Å². The van der Waals surface area contributed by atoms with Crippen molar-refractivity contribution in [3.63, 3.8) is 0 Å². The molecule has 1 aliphatic carbocycles. The fourth-order valence-corrected chi connectivity index (χ4v) is 1.26. The summed E-state index contributed by atoms with van der Waals surface area (Å²) in [6, 6.07) is 0.0619. The fourth-order valence-electron chi connectivity index (χ4n) is 1.26. The van der Waals surface area contributed by atoms with Gasteiger partial charge in [-0.05, 0) is 19.8 Å². The highest BCUT2D eigenvalue weighted by Gasteiger charge is 2.30. The number of carbonyl (C=O) groups is 1. The molecule has 1 fully saturated rings. The lowest BCUT2D eigenvalue weighted by atomic mass is 10.2. The second kappa shape index (κ2) is 3.20. The first-order valence-corrected chi connectivity index (χ1v) is 4.56. The molecule has 1 unspecified atom stereocenters. The van der Waals surface area contributed by atoms with Gasteiger partial charge in [-0.15, -0.1) is 0 Å². The summed E-state index contributed by atoms with van der Waals surface area (Å²) in [6.45, 7) is 1.96. The number of nitrogens with zero attached hydrogens (tertiary/aromatic N) is 1. The van der Waals surface area contributed by atoms with Crippen molar-refractivity contribution in [2.24, 2.45) is 5.92 Å². The van der Waals surface area contributed by atoms with Gasteiger partial charge in [0.1, 0.15) is 0 Å². The Morgan fingerprint density at radius 3 is 3.08 bits per heavy atom. The van der Waals surface area contributed by atoms with Crippen LogP contribution in [0.15, 0.2) is 12.4 Å². The van der Waals surface area contributed by atoms with Gasteiger partial charge in [-0.2, -0.15) is 5.10 Å². The summed E-state index contributed by atoms with van der Waals surface area (Å²) in [5.74, 6) is 0.447. The van der Waals surface area contributed by atoms with Gasteiger partial charge in [-0.3, -0.25) is 9.89 Å². The van der Waals surface area contributed by atoms with E-state index < -0.39 is 0 Å². The van der Waals surface area contributed by atoms with Crippen LogP contribution in [0.5, 0.6) is 0 Å². The van der Waals surface area contributed by atoms with E-state index in [1.165, 1.54) is 0 Å². The first-order valence-electron chi connectivity index (χ1n) is 4.56. The zero-order valence-corrected chi connectivity index (χ0v) is 7.58. The minimum absolute atomic E-state index is 0.0619. The van der Waals surface area contributed by atoms with Crippen LogP contribution in [0, 0.1) is 5.92 Å². The molecular formula is C9H13N3O. The molecule has 70 valence electrons. The van der Waals surface area contributed by atoms with Crippen LogP contribution >= 0.6 is 0 Å². The zero-order chi connectivity index (χ0) is 9.26. The highest BCUT2D eigenvalue weighted by molar-refractivity contribution is 5.81. The van der Waals surface area contributed by atoms with E-state index in [-0.39, 0.29) is 17.9 Å². The summed E-state index contributed by atoms with van der Waals surface area (Å²) in [5.41, 5.74) is 1.02. The van der Waals surface area contributed by atoms with Crippen LogP contribution in [0.1, 0.15) is 31.4 Å².